The van der Waals surface area contributed by atoms with Crippen LogP contribution in [0.4, 0.5) is 5.69 Å². The van der Waals surface area contributed by atoms with Crippen LogP contribution in [-0.4, -0.2) is 31.0 Å². The molecule has 0 heterocycles. The number of carboxylic acid groups (broad SMARTS) is 1. The van der Waals surface area contributed by atoms with Crippen molar-refractivity contribution in [1.82, 2.24) is 0 Å². The summed E-state index contributed by atoms with van der Waals surface area (Å²) in [5.41, 5.74) is 4.64. The Bertz CT molecular complexity index is 745. The Balaban J connectivity index is 2.11. The van der Waals surface area contributed by atoms with Gasteiger partial charge in [-0.1, -0.05) is 0 Å². The van der Waals surface area contributed by atoms with Crippen molar-refractivity contribution in [2.24, 2.45) is 5.10 Å². The van der Waals surface area contributed by atoms with E-state index in [2.05, 4.69) is 33.1 Å². The number of hydrazone groups is 1. The van der Waals surface area contributed by atoms with Crippen LogP contribution in [0.3, 0.4) is 0 Å². The first-order valence-electron chi connectivity index (χ1n) is 7.18. The van der Waals surface area contributed by atoms with Crippen molar-refractivity contribution < 1.29 is 19.4 Å². The summed E-state index contributed by atoms with van der Waals surface area (Å²) in [4.78, 5) is 10.8. The van der Waals surface area contributed by atoms with Crippen LogP contribution < -0.4 is 14.9 Å². The van der Waals surface area contributed by atoms with Crippen LogP contribution in [0.15, 0.2) is 41.5 Å². The number of ether oxygens (including phenoxy) is 2. The molecule has 6 nitrogen and oxygen atoms in total. The number of anilines is 1. The van der Waals surface area contributed by atoms with E-state index < -0.39 is 5.97 Å². The van der Waals surface area contributed by atoms with Crippen molar-refractivity contribution in [2.75, 3.05) is 19.1 Å². The van der Waals surface area contributed by atoms with Gasteiger partial charge in [-0.05, 0) is 71.5 Å². The number of hydrogen-bond donors (Lipinski definition) is 2. The summed E-state index contributed by atoms with van der Waals surface area (Å²) < 4.78 is 11.9. The third-order valence-electron chi connectivity index (χ3n) is 3.08. The van der Waals surface area contributed by atoms with Crippen LogP contribution in [0.5, 0.6) is 11.5 Å². The van der Waals surface area contributed by atoms with Gasteiger partial charge < -0.3 is 14.6 Å². The molecule has 2 aromatic carbocycles. The van der Waals surface area contributed by atoms with Crippen molar-refractivity contribution in [3.63, 3.8) is 0 Å². The highest BCUT2D eigenvalue weighted by atomic mass is 127. The molecule has 0 aliphatic carbocycles. The highest BCUT2D eigenvalue weighted by Gasteiger charge is 2.10. The van der Waals surface area contributed by atoms with Gasteiger partial charge in [0.25, 0.3) is 0 Å². The standard InChI is InChI=1S/C17H17IN2O4/c1-3-24-16-14(18)8-11(9-15(16)23-2)10-19-20-13-6-4-12(5-7-13)17(21)22/h4-10,20H,3H2,1-2H3,(H,21,22)/b19-10+. The van der Waals surface area contributed by atoms with Crippen molar-refractivity contribution in [2.45, 2.75) is 6.92 Å². The maximum atomic E-state index is 10.8. The molecule has 0 aliphatic rings. The second-order valence-corrected chi connectivity index (χ2v) is 5.88. The number of rotatable bonds is 7. The lowest BCUT2D eigenvalue weighted by Gasteiger charge is -2.12. The second kappa shape index (κ2) is 8.53. The first-order valence-corrected chi connectivity index (χ1v) is 8.25. The Kier molecular flexibility index (Phi) is 6.42. The first kappa shape index (κ1) is 18.1. The summed E-state index contributed by atoms with van der Waals surface area (Å²) in [5, 5.41) is 13.0. The van der Waals surface area contributed by atoms with E-state index in [-0.39, 0.29) is 5.56 Å². The van der Waals surface area contributed by atoms with Crippen molar-refractivity contribution in [3.05, 3.63) is 51.1 Å². The lowest BCUT2D eigenvalue weighted by molar-refractivity contribution is 0.0697. The van der Waals surface area contributed by atoms with Crippen LogP contribution in [-0.2, 0) is 0 Å². The number of benzene rings is 2. The Morgan fingerprint density at radius 3 is 2.62 bits per heavy atom. The minimum Gasteiger partial charge on any atom is -0.493 e. The van der Waals surface area contributed by atoms with Gasteiger partial charge in [-0.15, -0.1) is 0 Å². The molecule has 0 spiro atoms. The van der Waals surface area contributed by atoms with Crippen molar-refractivity contribution in [1.29, 1.82) is 0 Å². The Morgan fingerprint density at radius 2 is 2.04 bits per heavy atom. The monoisotopic (exact) mass is 440 g/mol. The van der Waals surface area contributed by atoms with E-state index in [0.29, 0.717) is 18.0 Å². The molecule has 24 heavy (non-hydrogen) atoms. The predicted octanol–water partition coefficient (Wildman–Crippen LogP) is 3.84. The number of hydrogen-bond acceptors (Lipinski definition) is 5. The van der Waals surface area contributed by atoms with E-state index in [9.17, 15) is 4.79 Å². The molecule has 0 amide bonds. The zero-order chi connectivity index (χ0) is 17.5. The topological polar surface area (TPSA) is 80.2 Å². The maximum Gasteiger partial charge on any atom is 0.335 e. The van der Waals surface area contributed by atoms with E-state index >= 15 is 0 Å². The molecule has 0 bridgehead atoms. The van der Waals surface area contributed by atoms with Gasteiger partial charge in [0.15, 0.2) is 11.5 Å². The van der Waals surface area contributed by atoms with Gasteiger partial charge >= 0.3 is 5.97 Å². The summed E-state index contributed by atoms with van der Waals surface area (Å²) in [5.74, 6) is 0.409. The van der Waals surface area contributed by atoms with Crippen LogP contribution >= 0.6 is 22.6 Å². The van der Waals surface area contributed by atoms with E-state index in [0.717, 1.165) is 14.9 Å². The van der Waals surface area contributed by atoms with Gasteiger partial charge in [-0.3, -0.25) is 5.43 Å². The minimum absolute atomic E-state index is 0.232. The molecule has 2 rings (SSSR count). The number of nitrogens with one attached hydrogen (secondary N) is 1. The zero-order valence-electron chi connectivity index (χ0n) is 13.2. The van der Waals surface area contributed by atoms with Gasteiger partial charge in [-0.2, -0.15) is 5.10 Å². The molecular formula is C17H17IN2O4. The van der Waals surface area contributed by atoms with Crippen LogP contribution in [0.2, 0.25) is 0 Å². The SMILES string of the molecule is CCOc1c(I)cc(/C=N/Nc2ccc(C(=O)O)cc2)cc1OC. The number of carboxylic acids is 1. The molecule has 0 saturated heterocycles. The van der Waals surface area contributed by atoms with Gasteiger partial charge in [0.1, 0.15) is 0 Å². The molecule has 0 fully saturated rings. The fraction of sp³-hybridized carbons (Fsp3) is 0.176. The highest BCUT2D eigenvalue weighted by Crippen LogP contribution is 2.33. The summed E-state index contributed by atoms with van der Waals surface area (Å²) >= 11 is 2.19. The summed E-state index contributed by atoms with van der Waals surface area (Å²) in [6.45, 7) is 2.48. The lowest BCUT2D eigenvalue weighted by Crippen LogP contribution is -2.00. The van der Waals surface area contributed by atoms with E-state index in [1.54, 1.807) is 25.5 Å². The fourth-order valence-electron chi connectivity index (χ4n) is 1.97. The van der Waals surface area contributed by atoms with Gasteiger partial charge in [-0.25, -0.2) is 4.79 Å². The lowest BCUT2D eigenvalue weighted by atomic mass is 10.2. The average Bonchev–Trinajstić information content (AvgIpc) is 2.57. The average molecular weight is 440 g/mol. The number of carbonyl (C=O) groups is 1. The third kappa shape index (κ3) is 4.60. The Labute approximate surface area is 153 Å². The molecule has 0 atom stereocenters. The van der Waals surface area contributed by atoms with Crippen LogP contribution in [0.25, 0.3) is 0 Å². The van der Waals surface area contributed by atoms with E-state index in [1.165, 1.54) is 12.1 Å². The number of methoxy groups -OCH3 is 1. The van der Waals surface area contributed by atoms with Gasteiger partial charge in [0, 0.05) is 0 Å². The zero-order valence-corrected chi connectivity index (χ0v) is 15.4. The highest BCUT2D eigenvalue weighted by molar-refractivity contribution is 14.1. The van der Waals surface area contributed by atoms with Gasteiger partial charge in [0.2, 0.25) is 0 Å². The Hall–Kier alpha value is -2.29. The normalized spacial score (nSPS) is 10.6. The molecule has 0 aromatic heterocycles. The second-order valence-electron chi connectivity index (χ2n) is 4.72. The largest absolute Gasteiger partial charge is 0.493 e. The van der Waals surface area contributed by atoms with E-state index in [4.69, 9.17) is 14.6 Å². The number of aromatic carboxylic acids is 1. The third-order valence-corrected chi connectivity index (χ3v) is 3.88. The molecule has 7 heteroatoms. The summed E-state index contributed by atoms with van der Waals surface area (Å²) in [6.07, 6.45) is 1.66. The molecule has 2 aromatic rings. The van der Waals surface area contributed by atoms with Gasteiger partial charge in [0.05, 0.1) is 34.8 Å². The summed E-state index contributed by atoms with van der Waals surface area (Å²) in [7, 11) is 1.59. The quantitative estimate of drug-likeness (QED) is 0.389. The molecule has 0 aliphatic heterocycles. The predicted molar refractivity (Wildman–Crippen MR) is 101 cm³/mol. The molecule has 0 radical (unpaired) electrons. The van der Waals surface area contributed by atoms with E-state index in [1.807, 2.05) is 19.1 Å². The van der Waals surface area contributed by atoms with Crippen molar-refractivity contribution >= 4 is 40.5 Å². The summed E-state index contributed by atoms with van der Waals surface area (Å²) in [6, 6.07) is 10.1. The fourth-order valence-corrected chi connectivity index (χ4v) is 2.75. The Morgan fingerprint density at radius 1 is 1.33 bits per heavy atom. The molecule has 0 saturated carbocycles. The molecule has 126 valence electrons. The molecule has 2 N–H and O–H groups in total. The smallest absolute Gasteiger partial charge is 0.335 e. The number of halogens is 1. The maximum absolute atomic E-state index is 10.8. The molecular weight excluding hydrogens is 423 g/mol. The molecule has 0 unspecified atom stereocenters. The number of nitrogens with zero attached hydrogens (tertiary/aromatic N) is 1. The van der Waals surface area contributed by atoms with Crippen LogP contribution in [0.1, 0.15) is 22.8 Å². The van der Waals surface area contributed by atoms with Crippen molar-refractivity contribution in [3.8, 4) is 11.5 Å². The first-order chi connectivity index (χ1) is 11.5. The minimum atomic E-state index is -0.957. The van der Waals surface area contributed by atoms with Crippen LogP contribution in [0, 0.1) is 3.57 Å².